The highest BCUT2D eigenvalue weighted by molar-refractivity contribution is 5.67. The van der Waals surface area contributed by atoms with E-state index in [9.17, 15) is 4.79 Å². The quantitative estimate of drug-likeness (QED) is 0.896. The number of rotatable bonds is 3. The molecule has 0 amide bonds. The van der Waals surface area contributed by atoms with Crippen LogP contribution in [0.4, 0.5) is 0 Å². The van der Waals surface area contributed by atoms with Gasteiger partial charge in [0.15, 0.2) is 0 Å². The van der Waals surface area contributed by atoms with Crippen LogP contribution in [0.2, 0.25) is 0 Å². The Morgan fingerprint density at radius 2 is 1.94 bits per heavy atom. The van der Waals surface area contributed by atoms with Crippen LogP contribution in [0.15, 0.2) is 41.3 Å². The molecule has 1 aromatic heterocycles. The van der Waals surface area contributed by atoms with Crippen LogP contribution in [-0.2, 0) is 6.54 Å². The van der Waals surface area contributed by atoms with Gasteiger partial charge in [-0.15, -0.1) is 0 Å². The Morgan fingerprint density at radius 3 is 2.67 bits per heavy atom. The number of pyridine rings is 1. The maximum absolute atomic E-state index is 11.7. The van der Waals surface area contributed by atoms with Gasteiger partial charge in [-0.3, -0.25) is 4.79 Å². The molecule has 0 atom stereocenters. The number of aryl methyl sites for hydroxylation is 2. The normalized spacial score (nSPS) is 10.6. The largest absolute Gasteiger partial charge is 0.329 e. The first kappa shape index (κ1) is 12.6. The van der Waals surface area contributed by atoms with Gasteiger partial charge < -0.3 is 10.3 Å². The van der Waals surface area contributed by atoms with Crippen molar-refractivity contribution in [1.82, 2.24) is 4.57 Å². The van der Waals surface area contributed by atoms with Crippen molar-refractivity contribution in [2.24, 2.45) is 5.73 Å². The van der Waals surface area contributed by atoms with E-state index in [1.54, 1.807) is 10.6 Å². The Kier molecular flexibility index (Phi) is 3.63. The monoisotopic (exact) mass is 242 g/mol. The van der Waals surface area contributed by atoms with Gasteiger partial charge in [-0.25, -0.2) is 0 Å². The molecule has 0 aliphatic rings. The fourth-order valence-electron chi connectivity index (χ4n) is 2.05. The Bertz CT molecular complexity index is 614. The Morgan fingerprint density at radius 1 is 1.17 bits per heavy atom. The third-order valence-corrected chi connectivity index (χ3v) is 3.06. The van der Waals surface area contributed by atoms with E-state index in [1.807, 2.05) is 12.3 Å². The van der Waals surface area contributed by atoms with Gasteiger partial charge in [0.2, 0.25) is 0 Å². The van der Waals surface area contributed by atoms with E-state index in [-0.39, 0.29) is 5.56 Å². The fourth-order valence-corrected chi connectivity index (χ4v) is 2.05. The molecule has 0 saturated carbocycles. The highest BCUT2D eigenvalue weighted by Crippen LogP contribution is 2.23. The Hall–Kier alpha value is -1.87. The molecule has 0 unspecified atom stereocenters. The zero-order valence-corrected chi connectivity index (χ0v) is 10.8. The van der Waals surface area contributed by atoms with Crippen molar-refractivity contribution in [3.05, 3.63) is 58.0 Å². The van der Waals surface area contributed by atoms with E-state index in [2.05, 4.69) is 32.0 Å². The number of aromatic nitrogens is 1. The van der Waals surface area contributed by atoms with Crippen LogP contribution in [0.1, 0.15) is 11.1 Å². The maximum atomic E-state index is 11.7. The van der Waals surface area contributed by atoms with Crippen LogP contribution < -0.4 is 11.3 Å². The summed E-state index contributed by atoms with van der Waals surface area (Å²) in [4.78, 5) is 11.7. The van der Waals surface area contributed by atoms with Crippen molar-refractivity contribution >= 4 is 0 Å². The molecule has 2 N–H and O–H groups in total. The first-order valence-corrected chi connectivity index (χ1v) is 6.10. The van der Waals surface area contributed by atoms with Crippen LogP contribution in [0.25, 0.3) is 11.1 Å². The molecule has 0 saturated heterocycles. The van der Waals surface area contributed by atoms with Gasteiger partial charge in [0.05, 0.1) is 0 Å². The van der Waals surface area contributed by atoms with Crippen molar-refractivity contribution in [1.29, 1.82) is 0 Å². The molecule has 3 nitrogen and oxygen atoms in total. The standard InChI is InChI=1S/C15H18N2O/c1-11-3-4-12(2)14(9-11)13-5-6-15(18)17(10-13)8-7-16/h3-6,9-10H,7-8,16H2,1-2H3. The highest BCUT2D eigenvalue weighted by atomic mass is 16.1. The summed E-state index contributed by atoms with van der Waals surface area (Å²) in [6.45, 7) is 5.17. The van der Waals surface area contributed by atoms with Crippen molar-refractivity contribution < 1.29 is 0 Å². The molecule has 0 bridgehead atoms. The number of nitrogens with two attached hydrogens (primary N) is 1. The van der Waals surface area contributed by atoms with E-state index in [0.717, 1.165) is 5.56 Å². The smallest absolute Gasteiger partial charge is 0.250 e. The molecule has 1 heterocycles. The summed E-state index contributed by atoms with van der Waals surface area (Å²) in [6.07, 6.45) is 1.89. The lowest BCUT2D eigenvalue weighted by molar-refractivity contribution is 0.682. The van der Waals surface area contributed by atoms with Crippen molar-refractivity contribution in [2.75, 3.05) is 6.54 Å². The van der Waals surface area contributed by atoms with Gasteiger partial charge in [-0.2, -0.15) is 0 Å². The number of benzene rings is 1. The second-order valence-corrected chi connectivity index (χ2v) is 4.56. The zero-order valence-electron chi connectivity index (χ0n) is 10.8. The van der Waals surface area contributed by atoms with E-state index < -0.39 is 0 Å². The second-order valence-electron chi connectivity index (χ2n) is 4.56. The molecule has 0 aliphatic heterocycles. The highest BCUT2D eigenvalue weighted by Gasteiger charge is 2.04. The summed E-state index contributed by atoms with van der Waals surface area (Å²) in [5.41, 5.74) is 10.2. The predicted octanol–water partition coefficient (Wildman–Crippen LogP) is 2.09. The Balaban J connectivity index is 2.54. The summed E-state index contributed by atoms with van der Waals surface area (Å²) in [7, 11) is 0. The molecule has 0 radical (unpaired) electrons. The third kappa shape index (κ3) is 2.51. The molecule has 3 heteroatoms. The fraction of sp³-hybridized carbons (Fsp3) is 0.267. The molecule has 0 fully saturated rings. The van der Waals surface area contributed by atoms with E-state index in [0.29, 0.717) is 13.1 Å². The minimum atomic E-state index is -0.00509. The van der Waals surface area contributed by atoms with Crippen LogP contribution in [0, 0.1) is 13.8 Å². The lowest BCUT2D eigenvalue weighted by atomic mass is 10.00. The Labute approximate surface area is 107 Å². The summed E-state index contributed by atoms with van der Waals surface area (Å²) in [6, 6.07) is 9.81. The van der Waals surface area contributed by atoms with E-state index >= 15 is 0 Å². The van der Waals surface area contributed by atoms with E-state index in [1.165, 1.54) is 16.7 Å². The summed E-state index contributed by atoms with van der Waals surface area (Å²) in [5, 5.41) is 0. The van der Waals surface area contributed by atoms with Crippen LogP contribution in [0.5, 0.6) is 0 Å². The number of hydrogen-bond donors (Lipinski definition) is 1. The van der Waals surface area contributed by atoms with Crippen LogP contribution in [0.3, 0.4) is 0 Å². The molecule has 2 rings (SSSR count). The zero-order chi connectivity index (χ0) is 13.1. The average molecular weight is 242 g/mol. The first-order valence-electron chi connectivity index (χ1n) is 6.10. The van der Waals surface area contributed by atoms with Crippen molar-refractivity contribution in [2.45, 2.75) is 20.4 Å². The molecule has 1 aromatic carbocycles. The first-order chi connectivity index (χ1) is 8.61. The SMILES string of the molecule is Cc1ccc(C)c(-c2ccc(=O)n(CCN)c2)c1. The molecule has 0 aliphatic carbocycles. The second kappa shape index (κ2) is 5.19. The molecular formula is C15H18N2O. The average Bonchev–Trinajstić information content (AvgIpc) is 2.35. The summed E-state index contributed by atoms with van der Waals surface area (Å²) in [5.74, 6) is 0. The topological polar surface area (TPSA) is 48.0 Å². The maximum Gasteiger partial charge on any atom is 0.250 e. The number of hydrogen-bond acceptors (Lipinski definition) is 2. The molecular weight excluding hydrogens is 224 g/mol. The minimum absolute atomic E-state index is 0.00509. The van der Waals surface area contributed by atoms with Gasteiger partial charge in [0.25, 0.3) is 5.56 Å². The van der Waals surface area contributed by atoms with Gasteiger partial charge in [-0.1, -0.05) is 23.8 Å². The molecule has 18 heavy (non-hydrogen) atoms. The van der Waals surface area contributed by atoms with Crippen molar-refractivity contribution in [3.8, 4) is 11.1 Å². The molecule has 0 spiro atoms. The van der Waals surface area contributed by atoms with E-state index in [4.69, 9.17) is 5.73 Å². The van der Waals surface area contributed by atoms with Crippen LogP contribution >= 0.6 is 0 Å². The predicted molar refractivity (Wildman–Crippen MR) is 74.7 cm³/mol. The lowest BCUT2D eigenvalue weighted by Crippen LogP contribution is -2.22. The van der Waals surface area contributed by atoms with Gasteiger partial charge >= 0.3 is 0 Å². The number of nitrogens with zero attached hydrogens (tertiary/aromatic N) is 1. The van der Waals surface area contributed by atoms with Gasteiger partial charge in [0, 0.05) is 25.4 Å². The van der Waals surface area contributed by atoms with Crippen molar-refractivity contribution in [3.63, 3.8) is 0 Å². The third-order valence-electron chi connectivity index (χ3n) is 3.06. The van der Waals surface area contributed by atoms with Gasteiger partial charge in [-0.05, 0) is 36.6 Å². The summed E-state index contributed by atoms with van der Waals surface area (Å²) < 4.78 is 1.66. The van der Waals surface area contributed by atoms with Gasteiger partial charge in [0.1, 0.15) is 0 Å². The summed E-state index contributed by atoms with van der Waals surface area (Å²) >= 11 is 0. The van der Waals surface area contributed by atoms with Crippen LogP contribution in [-0.4, -0.2) is 11.1 Å². The lowest BCUT2D eigenvalue weighted by Gasteiger charge is -2.10. The minimum Gasteiger partial charge on any atom is -0.329 e. The molecule has 2 aromatic rings. The molecule has 94 valence electrons.